The first-order valence-electron chi connectivity index (χ1n) is 5.34. The van der Waals surface area contributed by atoms with Gasteiger partial charge < -0.3 is 10.3 Å². The quantitative estimate of drug-likeness (QED) is 0.928. The van der Waals surface area contributed by atoms with Crippen molar-refractivity contribution in [1.82, 2.24) is 9.55 Å². The van der Waals surface area contributed by atoms with E-state index in [1.54, 1.807) is 12.3 Å². The van der Waals surface area contributed by atoms with Crippen molar-refractivity contribution in [2.24, 2.45) is 5.73 Å². The van der Waals surface area contributed by atoms with Gasteiger partial charge in [-0.25, -0.2) is 4.98 Å². The monoisotopic (exact) mass is 269 g/mol. The van der Waals surface area contributed by atoms with Crippen LogP contribution in [0.1, 0.15) is 11.4 Å². The number of halogens is 2. The average molecular weight is 270 g/mol. The van der Waals surface area contributed by atoms with Gasteiger partial charge in [-0.15, -0.1) is 0 Å². The van der Waals surface area contributed by atoms with Crippen LogP contribution < -0.4 is 5.73 Å². The third-order valence-corrected chi connectivity index (χ3v) is 3.11. The van der Waals surface area contributed by atoms with Gasteiger partial charge in [0.25, 0.3) is 0 Å². The molecule has 2 rings (SSSR count). The van der Waals surface area contributed by atoms with E-state index in [-0.39, 0.29) is 0 Å². The minimum absolute atomic E-state index is 0.589. The highest BCUT2D eigenvalue weighted by Crippen LogP contribution is 2.22. The van der Waals surface area contributed by atoms with E-state index in [4.69, 9.17) is 28.9 Å². The van der Waals surface area contributed by atoms with E-state index in [0.29, 0.717) is 23.1 Å². The van der Waals surface area contributed by atoms with Crippen LogP contribution in [0, 0.1) is 0 Å². The molecule has 0 fully saturated rings. The normalized spacial score (nSPS) is 10.8. The third kappa shape index (κ3) is 3.00. The Morgan fingerprint density at radius 3 is 2.82 bits per heavy atom. The van der Waals surface area contributed by atoms with Crippen molar-refractivity contribution in [3.8, 4) is 0 Å². The molecule has 1 aromatic heterocycles. The van der Waals surface area contributed by atoms with E-state index in [2.05, 4.69) is 4.98 Å². The summed E-state index contributed by atoms with van der Waals surface area (Å²) in [6.45, 7) is 1.27. The van der Waals surface area contributed by atoms with Gasteiger partial charge in [0.1, 0.15) is 5.82 Å². The van der Waals surface area contributed by atoms with Crippen LogP contribution in [-0.4, -0.2) is 16.1 Å². The van der Waals surface area contributed by atoms with Gasteiger partial charge in [0.15, 0.2) is 0 Å². The van der Waals surface area contributed by atoms with E-state index < -0.39 is 0 Å². The Hall–Kier alpha value is -1.03. The predicted octanol–water partition coefficient (Wildman–Crippen LogP) is 2.74. The second-order valence-corrected chi connectivity index (χ2v) is 4.59. The molecule has 0 aliphatic rings. The second-order valence-electron chi connectivity index (χ2n) is 3.75. The van der Waals surface area contributed by atoms with Crippen molar-refractivity contribution in [2.75, 3.05) is 6.54 Å². The van der Waals surface area contributed by atoms with Gasteiger partial charge in [-0.2, -0.15) is 0 Å². The molecular weight excluding hydrogens is 257 g/mol. The van der Waals surface area contributed by atoms with Gasteiger partial charge in [0, 0.05) is 28.9 Å². The maximum atomic E-state index is 6.13. The van der Waals surface area contributed by atoms with Crippen molar-refractivity contribution in [2.45, 2.75) is 13.0 Å². The number of hydrogen-bond donors (Lipinski definition) is 1. The topological polar surface area (TPSA) is 43.8 Å². The summed E-state index contributed by atoms with van der Waals surface area (Å²) >= 11 is 12.0. The molecule has 3 nitrogen and oxygen atoms in total. The van der Waals surface area contributed by atoms with Crippen LogP contribution >= 0.6 is 23.2 Å². The Balaban J connectivity index is 2.22. The van der Waals surface area contributed by atoms with Crippen molar-refractivity contribution >= 4 is 23.2 Å². The molecule has 1 heterocycles. The van der Waals surface area contributed by atoms with Crippen LogP contribution in [0.2, 0.25) is 10.0 Å². The van der Waals surface area contributed by atoms with E-state index >= 15 is 0 Å². The van der Waals surface area contributed by atoms with Gasteiger partial charge in [-0.05, 0) is 24.2 Å². The summed E-state index contributed by atoms with van der Waals surface area (Å²) in [7, 11) is 0. The summed E-state index contributed by atoms with van der Waals surface area (Å²) in [5.74, 6) is 0.971. The molecule has 0 aliphatic carbocycles. The Morgan fingerprint density at radius 1 is 1.29 bits per heavy atom. The SMILES string of the molecule is NCCc1nccn1Cc1ccc(Cl)cc1Cl. The summed E-state index contributed by atoms with van der Waals surface area (Å²) < 4.78 is 2.04. The number of hydrogen-bond acceptors (Lipinski definition) is 2. The number of benzene rings is 1. The largest absolute Gasteiger partial charge is 0.330 e. The number of nitrogens with two attached hydrogens (primary N) is 1. The molecule has 17 heavy (non-hydrogen) atoms. The molecule has 0 unspecified atom stereocenters. The summed E-state index contributed by atoms with van der Waals surface area (Å²) in [5, 5.41) is 1.32. The molecule has 0 atom stereocenters. The minimum Gasteiger partial charge on any atom is -0.330 e. The average Bonchev–Trinajstić information content (AvgIpc) is 2.71. The highest BCUT2D eigenvalue weighted by Gasteiger charge is 2.06. The van der Waals surface area contributed by atoms with Gasteiger partial charge in [0.05, 0.1) is 6.54 Å². The van der Waals surface area contributed by atoms with Crippen molar-refractivity contribution in [3.05, 3.63) is 52.0 Å². The third-order valence-electron chi connectivity index (χ3n) is 2.53. The van der Waals surface area contributed by atoms with E-state index in [9.17, 15) is 0 Å². The van der Waals surface area contributed by atoms with E-state index in [1.165, 1.54) is 0 Å². The summed E-state index contributed by atoms with van der Waals surface area (Å²) in [4.78, 5) is 4.26. The summed E-state index contributed by atoms with van der Waals surface area (Å²) in [5.41, 5.74) is 6.56. The van der Waals surface area contributed by atoms with Crippen molar-refractivity contribution in [3.63, 3.8) is 0 Å². The molecule has 5 heteroatoms. The zero-order chi connectivity index (χ0) is 12.3. The fourth-order valence-electron chi connectivity index (χ4n) is 1.67. The Labute approximate surface area is 110 Å². The van der Waals surface area contributed by atoms with Crippen LogP contribution in [0.5, 0.6) is 0 Å². The highest BCUT2D eigenvalue weighted by molar-refractivity contribution is 6.35. The van der Waals surface area contributed by atoms with Crippen LogP contribution in [0.3, 0.4) is 0 Å². The minimum atomic E-state index is 0.589. The fourth-order valence-corrected chi connectivity index (χ4v) is 2.14. The number of aromatic nitrogens is 2. The first-order chi connectivity index (χ1) is 8.20. The van der Waals surface area contributed by atoms with Crippen molar-refractivity contribution < 1.29 is 0 Å². The lowest BCUT2D eigenvalue weighted by atomic mass is 10.2. The maximum Gasteiger partial charge on any atom is 0.110 e. The molecular formula is C12H13Cl2N3. The molecule has 0 saturated heterocycles. The Morgan fingerprint density at radius 2 is 2.12 bits per heavy atom. The Kier molecular flexibility index (Phi) is 4.05. The molecule has 1 aromatic carbocycles. The van der Waals surface area contributed by atoms with Crippen LogP contribution in [-0.2, 0) is 13.0 Å². The van der Waals surface area contributed by atoms with Crippen LogP contribution in [0.4, 0.5) is 0 Å². The first kappa shape index (κ1) is 12.4. The molecule has 0 radical (unpaired) electrons. The maximum absolute atomic E-state index is 6.13. The predicted molar refractivity (Wildman–Crippen MR) is 70.5 cm³/mol. The smallest absolute Gasteiger partial charge is 0.110 e. The molecule has 2 N–H and O–H groups in total. The number of nitrogens with zero attached hydrogens (tertiary/aromatic N) is 2. The standard InChI is InChI=1S/C12H13Cl2N3/c13-10-2-1-9(11(14)7-10)8-17-6-5-16-12(17)3-4-15/h1-2,5-7H,3-4,8,15H2. The lowest BCUT2D eigenvalue weighted by Gasteiger charge is -2.09. The van der Waals surface area contributed by atoms with Gasteiger partial charge in [0.2, 0.25) is 0 Å². The molecule has 90 valence electrons. The first-order valence-corrected chi connectivity index (χ1v) is 6.10. The second kappa shape index (κ2) is 5.54. The number of rotatable bonds is 4. The zero-order valence-electron chi connectivity index (χ0n) is 9.24. The van der Waals surface area contributed by atoms with Gasteiger partial charge >= 0.3 is 0 Å². The molecule has 0 bridgehead atoms. The molecule has 0 amide bonds. The molecule has 0 aliphatic heterocycles. The van der Waals surface area contributed by atoms with E-state index in [0.717, 1.165) is 17.8 Å². The zero-order valence-corrected chi connectivity index (χ0v) is 10.7. The summed E-state index contributed by atoms with van der Waals surface area (Å²) in [6, 6.07) is 5.51. The molecule has 0 spiro atoms. The highest BCUT2D eigenvalue weighted by atomic mass is 35.5. The molecule has 0 saturated carbocycles. The van der Waals surface area contributed by atoms with Gasteiger partial charge in [-0.1, -0.05) is 29.3 Å². The summed E-state index contributed by atoms with van der Waals surface area (Å²) in [6.07, 6.45) is 4.46. The van der Waals surface area contributed by atoms with Crippen LogP contribution in [0.15, 0.2) is 30.6 Å². The fraction of sp³-hybridized carbons (Fsp3) is 0.250. The lowest BCUT2D eigenvalue weighted by molar-refractivity contribution is 0.716. The van der Waals surface area contributed by atoms with Crippen molar-refractivity contribution in [1.29, 1.82) is 0 Å². The lowest BCUT2D eigenvalue weighted by Crippen LogP contribution is -2.10. The van der Waals surface area contributed by atoms with E-state index in [1.807, 2.05) is 22.9 Å². The number of imidazole rings is 1. The molecule has 2 aromatic rings. The van der Waals surface area contributed by atoms with Crippen LogP contribution in [0.25, 0.3) is 0 Å². The Bertz CT molecular complexity index is 508. The van der Waals surface area contributed by atoms with Gasteiger partial charge in [-0.3, -0.25) is 0 Å².